The molecule has 0 saturated carbocycles. The molecule has 0 unspecified atom stereocenters. The second kappa shape index (κ2) is 96.2. The molecule has 32 nitrogen and oxygen atoms in total. The number of benzene rings is 4. The van der Waals surface area contributed by atoms with Gasteiger partial charge in [-0.05, 0) is 73.1 Å². The summed E-state index contributed by atoms with van der Waals surface area (Å²) in [7, 11) is 12.5. The Morgan fingerprint density at radius 3 is 0.935 bits per heavy atom. The van der Waals surface area contributed by atoms with Crippen molar-refractivity contribution >= 4 is 116 Å². The van der Waals surface area contributed by atoms with Gasteiger partial charge in [-0.15, -0.1) is 11.6 Å². The normalized spacial score (nSPS) is 11.0. The van der Waals surface area contributed by atoms with Gasteiger partial charge in [-0.1, -0.05) is 167 Å². The van der Waals surface area contributed by atoms with E-state index < -0.39 is 72.7 Å². The summed E-state index contributed by atoms with van der Waals surface area (Å²) < 4.78 is 39.4. The molecule has 0 saturated heterocycles. The first kappa shape index (κ1) is 127. The number of Topliss-reactive ketones (excluding diaryl/α,β-unsaturated/α-hetero) is 2. The summed E-state index contributed by atoms with van der Waals surface area (Å²) in [6.45, 7) is 4.80. The number of alkyl halides is 3. The number of carboxylic acids is 3. The molecule has 0 aromatic heterocycles. The Balaban J connectivity index is -0.000000109. The number of methoxy groups -OCH3 is 4. The number of carbonyl (C=O) groups excluding carboxylic acids is 7. The number of ether oxygens (including phenoxy) is 5. The van der Waals surface area contributed by atoms with Gasteiger partial charge in [0.25, 0.3) is 0 Å². The molecule has 0 aliphatic rings. The zero-order valence-electron chi connectivity index (χ0n) is 62.4. The maximum absolute atomic E-state index is 11.9. The molecule has 107 heavy (non-hydrogen) atoms. The topological polar surface area (TPSA) is 509 Å². The number of nitrogens with two attached hydrogens (primary N) is 2. The second-order valence-corrected chi connectivity index (χ2v) is 19.6. The number of halogens is 3. The third-order valence-electron chi connectivity index (χ3n) is 11.9. The van der Waals surface area contributed by atoms with Crippen LogP contribution in [0.3, 0.4) is 0 Å². The quantitative estimate of drug-likeness (QED) is 0.0107. The first-order valence-electron chi connectivity index (χ1n) is 30.9. The number of aliphatic hydroxyl groups excluding tert-OH is 3. The van der Waals surface area contributed by atoms with Crippen molar-refractivity contribution in [3.05, 3.63) is 144 Å². The van der Waals surface area contributed by atoms with Crippen molar-refractivity contribution < 1.29 is 196 Å². The van der Waals surface area contributed by atoms with Crippen LogP contribution in [0.4, 0.5) is 0 Å². The predicted octanol–water partition coefficient (Wildman–Crippen LogP) is 2.07. The van der Waals surface area contributed by atoms with E-state index in [1.165, 1.54) is 48.4 Å². The number of aliphatic hydroxyl groups is 3. The number of aliphatic carboxylic acids is 3. The average molecular weight is 2140 g/mol. The molecular weight excluding hydrogens is 2030 g/mol. The van der Waals surface area contributed by atoms with Crippen LogP contribution in [0, 0.1) is 0 Å². The second-order valence-electron chi connectivity index (χ2n) is 19.6. The molecule has 0 fully saturated rings. The van der Waals surface area contributed by atoms with Gasteiger partial charge in [-0.25, -0.2) is 0 Å². The number of nitrogens with one attached hydrogen (secondary N) is 7. The molecular formula is C68H112Ag4ClI2N9O23. The van der Waals surface area contributed by atoms with E-state index in [-0.39, 0.29) is 107 Å². The van der Waals surface area contributed by atoms with Crippen LogP contribution < -0.4 is 48.7 Å². The van der Waals surface area contributed by atoms with E-state index in [1.54, 1.807) is 77.4 Å². The number of amides is 3. The van der Waals surface area contributed by atoms with Crippen LogP contribution in [0.2, 0.25) is 0 Å². The Morgan fingerprint density at radius 2 is 0.710 bits per heavy atom. The molecule has 0 heterocycles. The number of carboxylic acid groups (broad SMARTS) is 3. The van der Waals surface area contributed by atoms with E-state index >= 15 is 0 Å². The van der Waals surface area contributed by atoms with Gasteiger partial charge in [0.05, 0.1) is 52.3 Å². The van der Waals surface area contributed by atoms with Gasteiger partial charge in [0.1, 0.15) is 36.3 Å². The summed E-state index contributed by atoms with van der Waals surface area (Å²) in [6.07, 6.45) is 3.78. The van der Waals surface area contributed by atoms with Gasteiger partial charge in [0.15, 0.2) is 11.6 Å². The van der Waals surface area contributed by atoms with E-state index in [1.807, 2.05) is 131 Å². The molecule has 0 spiro atoms. The zero-order valence-corrected chi connectivity index (χ0v) is 73.4. The van der Waals surface area contributed by atoms with E-state index in [4.69, 9.17) is 62.8 Å². The zero-order chi connectivity index (χ0) is 82.9. The molecule has 3 amide bonds. The van der Waals surface area contributed by atoms with Crippen LogP contribution >= 0.6 is 56.8 Å². The van der Waals surface area contributed by atoms with Crippen molar-refractivity contribution in [2.24, 2.45) is 11.5 Å². The Hall–Kier alpha value is -4.03. The Labute approximate surface area is 717 Å². The first-order valence-corrected chi connectivity index (χ1v) is 37.2. The predicted molar refractivity (Wildman–Crippen MR) is 408 cm³/mol. The van der Waals surface area contributed by atoms with Crippen LogP contribution in [-0.4, -0.2) is 251 Å². The fraction of sp³-hybridized carbons (Fsp3) is 0.500. The van der Waals surface area contributed by atoms with E-state index in [0.29, 0.717) is 45.6 Å². The standard InChI is InChI=1S/C14H19NO3.C12H18N2O2.C12H17NO2.C11H16N2O2.C5H11NO3.C4H9NO3.C4H6O3.C3H7NO3.CH3Cl.2CH3I.4Ag.2O/c1-11(16)15-13(10-18-2)14(17)9-8-12-6-4-3-5-7-12;1-13-11(9-16-2)12(15)14-8-10-6-4-3-5-7-10;1-15-9-11(13)12(14)8-7-10-5-3-2-4-6-10;1-12-10(8-14)11(15)13-7-9-5-3-2-4-6-9;1-6-4(3-9-2)5(7)8;1-5-3(2-6)4(7)8;1-3(5)7-4(2)6;4-2(1-5)3(6)7;3*1-2;;;;;;/h3-7,13H,8-10H2,1-2H3,(H,15,16);3-7,11,13H,8-9H2,1-2H3,(H,14,15);2-6,11H,7-9,13H2,1H3;2-6,10,12,14H,7-8H2,1H3,(H,13,15);4,6H,3H2,1-2H3,(H,7,8);3,5-6H,2H2,1H3,(H,7,8);1-2H3;2,5H,1,4H2,(H,6,7);3*1H3;;;;;;/t13-;2*11-;10-;4-;3-;;2-;;;;;;;;;/m111111.1........./s1. The third-order valence-corrected chi connectivity index (χ3v) is 11.9. The summed E-state index contributed by atoms with van der Waals surface area (Å²) in [4.78, 5) is 111. The van der Waals surface area contributed by atoms with E-state index in [9.17, 15) is 47.9 Å². The molecule has 632 valence electrons. The number of likely N-dealkylation sites (N-methyl/N-ethyl adjacent to an activating group) is 4. The monoisotopic (exact) mass is 2140 g/mol. The Morgan fingerprint density at radius 1 is 0.421 bits per heavy atom. The maximum atomic E-state index is 11.9. The molecule has 39 heteroatoms. The number of hydrogen-bond acceptors (Lipinski definition) is 26. The van der Waals surface area contributed by atoms with Gasteiger partial charge in [-0.3, -0.25) is 47.9 Å². The summed E-state index contributed by atoms with van der Waals surface area (Å²) >= 11 is 12.3. The number of hydrogen-bond donors (Lipinski definition) is 15. The van der Waals surface area contributed by atoms with Crippen molar-refractivity contribution in [1.29, 1.82) is 0 Å². The minimum atomic E-state index is -1.18. The molecule has 4 aromatic rings. The summed E-state index contributed by atoms with van der Waals surface area (Å²) in [5.74, 6) is -4.63. The first-order chi connectivity index (χ1) is 50.2. The van der Waals surface area contributed by atoms with E-state index in [2.05, 4.69) is 103 Å². The molecule has 0 aliphatic heterocycles. The number of carbonyl (C=O) groups is 10. The average Bonchev–Trinajstić information content (AvgIpc) is 0.936. The molecule has 0 bridgehead atoms. The minimum absolute atomic E-state index is 0. The summed E-state index contributed by atoms with van der Waals surface area (Å²) in [5, 5.41) is 68.3. The number of rotatable bonds is 33. The van der Waals surface area contributed by atoms with Crippen molar-refractivity contribution in [2.45, 2.75) is 102 Å². The van der Waals surface area contributed by atoms with Crippen LogP contribution in [-0.2, 0) is 191 Å². The SMILES string of the molecule is CC(=O)OC(C)=O.CCl.CI.CI.CN[C@H](CO)C(=O)NCc1ccccc1.CN[C@H](CO)C(=O)O.CN[C@H](COC)C(=O)NCc1ccccc1.CN[C@H](COC)C(=O)O.COC[C@@H](N)C(=O)CCc1ccccc1.COC[C@@H](NC(C)=O)C(=O)CCc1ccccc1.N[C@H](CO)C(=O)O.[Ag].[Ag].[O]=[Ag].[O]=[Ag]. The number of esters is 2. The molecule has 17 N–H and O–H groups in total. The van der Waals surface area contributed by atoms with Gasteiger partial charge in [-0.2, -0.15) is 0 Å². The Bertz CT molecular complexity index is 2740. The Kier molecular flexibility index (Phi) is 114. The van der Waals surface area contributed by atoms with E-state index in [0.717, 1.165) is 28.7 Å². The van der Waals surface area contributed by atoms with Crippen molar-refractivity contribution in [1.82, 2.24) is 37.2 Å². The molecule has 0 aliphatic carbocycles. The van der Waals surface area contributed by atoms with Crippen LogP contribution in [0.25, 0.3) is 0 Å². The van der Waals surface area contributed by atoms with Crippen LogP contribution in [0.1, 0.15) is 55.9 Å². The van der Waals surface area contributed by atoms with Crippen molar-refractivity contribution in [2.75, 3.05) is 119 Å². The summed E-state index contributed by atoms with van der Waals surface area (Å²) in [6, 6.07) is 34.8. The number of aryl methyl sites for hydroxylation is 2. The van der Waals surface area contributed by atoms with Crippen LogP contribution in [0.15, 0.2) is 121 Å². The van der Waals surface area contributed by atoms with Crippen LogP contribution in [0.5, 0.6) is 0 Å². The third kappa shape index (κ3) is 84.3. The molecule has 4 aromatic carbocycles. The van der Waals surface area contributed by atoms with Gasteiger partial charge in [0.2, 0.25) is 17.7 Å². The van der Waals surface area contributed by atoms with Gasteiger partial charge in [0, 0.05) is 126 Å². The van der Waals surface area contributed by atoms with Crippen molar-refractivity contribution in [3.8, 4) is 0 Å². The fourth-order valence-corrected chi connectivity index (χ4v) is 6.68. The fourth-order valence-electron chi connectivity index (χ4n) is 6.68. The van der Waals surface area contributed by atoms with Gasteiger partial charge >= 0.3 is 78.4 Å². The molecule has 7 atom stereocenters. The van der Waals surface area contributed by atoms with Crippen molar-refractivity contribution in [3.63, 3.8) is 0 Å². The van der Waals surface area contributed by atoms with Gasteiger partial charge < -0.3 is 103 Å². The number of ketones is 2. The molecule has 4 rings (SSSR count). The summed E-state index contributed by atoms with van der Waals surface area (Å²) in [5.41, 5.74) is 14.8. The molecule has 2 radical (unpaired) electrons.